The molecule has 0 spiro atoms. The molecule has 0 amide bonds. The van der Waals surface area contributed by atoms with Gasteiger partial charge in [0.05, 0.1) is 22.4 Å². The molecule has 12 aromatic rings. The Morgan fingerprint density at radius 3 is 1.63 bits per heavy atom. The number of benzene rings is 10. The van der Waals surface area contributed by atoms with E-state index in [0.29, 0.717) is 0 Å². The third-order valence-corrected chi connectivity index (χ3v) is 12.4. The van der Waals surface area contributed by atoms with E-state index in [9.17, 15) is 0 Å². The van der Waals surface area contributed by atoms with E-state index in [1.807, 2.05) is 6.07 Å². The maximum absolute atomic E-state index is 6.72. The average molecular weight is 805 g/mol. The quantitative estimate of drug-likeness (QED) is 0.153. The zero-order chi connectivity index (χ0) is 41.7. The molecule has 10 aromatic carbocycles. The molecule has 12 rings (SSSR count). The Labute approximate surface area is 366 Å². The molecule has 0 aliphatic rings. The van der Waals surface area contributed by atoms with E-state index in [4.69, 9.17) is 4.42 Å². The van der Waals surface area contributed by atoms with E-state index < -0.39 is 0 Å². The van der Waals surface area contributed by atoms with Crippen LogP contribution in [0.15, 0.2) is 247 Å². The van der Waals surface area contributed by atoms with Crippen LogP contribution in [0, 0.1) is 0 Å². The van der Waals surface area contributed by atoms with Gasteiger partial charge in [0.1, 0.15) is 5.58 Å². The molecule has 0 bridgehead atoms. The average Bonchev–Trinajstić information content (AvgIpc) is 3.92. The van der Waals surface area contributed by atoms with E-state index in [2.05, 4.69) is 246 Å². The highest BCUT2D eigenvalue weighted by Crippen LogP contribution is 2.47. The second-order valence-corrected chi connectivity index (χ2v) is 16.1. The summed E-state index contributed by atoms with van der Waals surface area (Å²) in [6.07, 6.45) is 0. The molecule has 0 N–H and O–H groups in total. The summed E-state index contributed by atoms with van der Waals surface area (Å²) in [4.78, 5) is 2.36. The number of fused-ring (bicyclic) bond motifs is 6. The van der Waals surface area contributed by atoms with E-state index in [0.717, 1.165) is 72.5 Å². The van der Waals surface area contributed by atoms with Crippen LogP contribution in [0.1, 0.15) is 0 Å². The summed E-state index contributed by atoms with van der Waals surface area (Å²) in [7, 11) is 0. The van der Waals surface area contributed by atoms with Crippen molar-refractivity contribution in [1.29, 1.82) is 0 Å². The SMILES string of the molecule is c1ccc(-c2ccc(N(c3ccc(-c4ccc(-c5cccc6c5c5ccccc5n6-c5ccccc5)cc4)cc3)c3cccc4c3oc3ccccc34)c(-c3ccccc3)c2)cc1. The maximum Gasteiger partial charge on any atom is 0.159 e. The molecule has 0 unspecified atom stereocenters. The highest BCUT2D eigenvalue weighted by Gasteiger charge is 2.23. The van der Waals surface area contributed by atoms with Gasteiger partial charge in [-0.2, -0.15) is 0 Å². The number of anilines is 3. The van der Waals surface area contributed by atoms with Crippen molar-refractivity contribution >= 4 is 60.8 Å². The first-order chi connectivity index (χ1) is 31.3. The van der Waals surface area contributed by atoms with Crippen molar-refractivity contribution in [3.8, 4) is 50.2 Å². The molecule has 0 atom stereocenters. The second-order valence-electron chi connectivity index (χ2n) is 16.1. The Balaban J connectivity index is 0.971. The van der Waals surface area contributed by atoms with Crippen LogP contribution in [0.4, 0.5) is 17.1 Å². The van der Waals surface area contributed by atoms with Crippen LogP contribution in [0.25, 0.3) is 93.9 Å². The van der Waals surface area contributed by atoms with Gasteiger partial charge in [-0.3, -0.25) is 0 Å². The molecule has 0 fully saturated rings. The molecule has 0 aliphatic heterocycles. The van der Waals surface area contributed by atoms with Crippen molar-refractivity contribution in [2.24, 2.45) is 0 Å². The van der Waals surface area contributed by atoms with E-state index in [-0.39, 0.29) is 0 Å². The normalized spacial score (nSPS) is 11.5. The minimum absolute atomic E-state index is 0.853. The summed E-state index contributed by atoms with van der Waals surface area (Å²) >= 11 is 0. The number of para-hydroxylation sites is 4. The van der Waals surface area contributed by atoms with Gasteiger partial charge in [-0.1, -0.05) is 182 Å². The molecule has 0 radical (unpaired) electrons. The van der Waals surface area contributed by atoms with E-state index in [1.165, 1.54) is 38.5 Å². The maximum atomic E-state index is 6.72. The van der Waals surface area contributed by atoms with Gasteiger partial charge in [0.2, 0.25) is 0 Å². The smallest absolute Gasteiger partial charge is 0.159 e. The Hall–Kier alpha value is -8.40. The van der Waals surface area contributed by atoms with E-state index >= 15 is 0 Å². The summed E-state index contributed by atoms with van der Waals surface area (Å²) in [5.41, 5.74) is 17.7. The minimum atomic E-state index is 0.853. The molecule has 2 aromatic heterocycles. The van der Waals surface area contributed by atoms with Crippen molar-refractivity contribution in [2.45, 2.75) is 0 Å². The molecule has 0 saturated heterocycles. The first-order valence-corrected chi connectivity index (χ1v) is 21.5. The molecular weight excluding hydrogens is 765 g/mol. The predicted octanol–water partition coefficient (Wildman–Crippen LogP) is 16.8. The first-order valence-electron chi connectivity index (χ1n) is 21.5. The van der Waals surface area contributed by atoms with Gasteiger partial charge >= 0.3 is 0 Å². The predicted molar refractivity (Wildman–Crippen MR) is 264 cm³/mol. The lowest BCUT2D eigenvalue weighted by Gasteiger charge is -2.28. The third kappa shape index (κ3) is 6.29. The lowest BCUT2D eigenvalue weighted by atomic mass is 9.95. The molecule has 63 heavy (non-hydrogen) atoms. The fourth-order valence-corrected chi connectivity index (χ4v) is 9.47. The van der Waals surface area contributed by atoms with Crippen LogP contribution in [0.3, 0.4) is 0 Å². The van der Waals surface area contributed by atoms with Crippen molar-refractivity contribution in [3.05, 3.63) is 243 Å². The topological polar surface area (TPSA) is 21.3 Å². The largest absolute Gasteiger partial charge is 0.454 e. The number of furan rings is 1. The van der Waals surface area contributed by atoms with Gasteiger partial charge in [-0.15, -0.1) is 0 Å². The van der Waals surface area contributed by atoms with Crippen LogP contribution in [0.2, 0.25) is 0 Å². The second kappa shape index (κ2) is 15.3. The van der Waals surface area contributed by atoms with Gasteiger partial charge in [-0.25, -0.2) is 0 Å². The van der Waals surface area contributed by atoms with Crippen LogP contribution in [-0.2, 0) is 0 Å². The molecule has 0 aliphatic carbocycles. The van der Waals surface area contributed by atoms with E-state index in [1.54, 1.807) is 0 Å². The highest BCUT2D eigenvalue weighted by atomic mass is 16.3. The number of aromatic nitrogens is 1. The molecule has 3 heteroatoms. The fraction of sp³-hybridized carbons (Fsp3) is 0. The monoisotopic (exact) mass is 804 g/mol. The molecule has 2 heterocycles. The minimum Gasteiger partial charge on any atom is -0.454 e. The summed E-state index contributed by atoms with van der Waals surface area (Å²) < 4.78 is 9.10. The number of rotatable bonds is 8. The molecule has 3 nitrogen and oxygen atoms in total. The summed E-state index contributed by atoms with van der Waals surface area (Å²) in [5, 5.41) is 4.71. The van der Waals surface area contributed by atoms with Crippen molar-refractivity contribution in [1.82, 2.24) is 4.57 Å². The van der Waals surface area contributed by atoms with Gasteiger partial charge < -0.3 is 13.9 Å². The van der Waals surface area contributed by atoms with Crippen molar-refractivity contribution < 1.29 is 4.42 Å². The van der Waals surface area contributed by atoms with Crippen LogP contribution >= 0.6 is 0 Å². The van der Waals surface area contributed by atoms with Crippen LogP contribution in [0.5, 0.6) is 0 Å². The van der Waals surface area contributed by atoms with Gasteiger partial charge in [-0.05, 0) is 99.6 Å². The summed E-state index contributed by atoms with van der Waals surface area (Å²) in [6, 6.07) is 87.0. The Morgan fingerprint density at radius 1 is 0.333 bits per heavy atom. The van der Waals surface area contributed by atoms with Crippen molar-refractivity contribution in [2.75, 3.05) is 4.90 Å². The van der Waals surface area contributed by atoms with Crippen molar-refractivity contribution in [3.63, 3.8) is 0 Å². The number of nitrogens with zero attached hydrogens (tertiary/aromatic N) is 2. The zero-order valence-electron chi connectivity index (χ0n) is 34.4. The first kappa shape index (κ1) is 36.5. The summed E-state index contributed by atoms with van der Waals surface area (Å²) in [6.45, 7) is 0. The Bertz CT molecular complexity index is 3590. The third-order valence-electron chi connectivity index (χ3n) is 12.4. The number of hydrogen-bond acceptors (Lipinski definition) is 2. The fourth-order valence-electron chi connectivity index (χ4n) is 9.47. The Kier molecular flexibility index (Phi) is 8.83. The molecule has 0 saturated carbocycles. The van der Waals surface area contributed by atoms with Gasteiger partial charge in [0, 0.05) is 38.5 Å². The van der Waals surface area contributed by atoms with Crippen LogP contribution in [-0.4, -0.2) is 4.57 Å². The lowest BCUT2D eigenvalue weighted by molar-refractivity contribution is 0.669. The zero-order valence-corrected chi connectivity index (χ0v) is 34.4. The van der Waals surface area contributed by atoms with Gasteiger partial charge in [0.25, 0.3) is 0 Å². The standard InChI is InChI=1S/C60H40N2O/c1-4-16-41(17-5-1)46-36-39-55(53(40-46)44-18-6-2-7-19-44)62(57-28-15-25-51-50-22-11-13-29-58(50)63-60(51)57)48-37-34-43(35-38-48)42-30-32-45(33-31-42)49-24-14-27-56-59(49)52-23-10-12-26-54(52)61(56)47-20-8-3-9-21-47/h1-40H. The summed E-state index contributed by atoms with van der Waals surface area (Å²) in [5.74, 6) is 0. The molecule has 296 valence electrons. The highest BCUT2D eigenvalue weighted by molar-refractivity contribution is 6.16. The lowest BCUT2D eigenvalue weighted by Crippen LogP contribution is -2.11. The molecular formula is C60H40N2O. The number of hydrogen-bond donors (Lipinski definition) is 0. The van der Waals surface area contributed by atoms with Crippen LogP contribution < -0.4 is 4.90 Å². The van der Waals surface area contributed by atoms with Gasteiger partial charge in [0.15, 0.2) is 5.58 Å². The Morgan fingerprint density at radius 2 is 0.873 bits per heavy atom.